The van der Waals surface area contributed by atoms with Crippen molar-refractivity contribution in [1.82, 2.24) is 20.5 Å². The first-order valence-corrected chi connectivity index (χ1v) is 4.46. The summed E-state index contributed by atoms with van der Waals surface area (Å²) in [4.78, 5) is 14.8. The molecule has 0 bridgehead atoms. The molecule has 1 heterocycles. The number of thioether (sulfide) groups is 1. The Morgan fingerprint density at radius 1 is 1.58 bits per heavy atom. The van der Waals surface area contributed by atoms with Gasteiger partial charge in [-0.3, -0.25) is 4.79 Å². The average molecular weight is 184 g/mol. The van der Waals surface area contributed by atoms with Crippen LogP contribution in [0.1, 0.15) is 10.5 Å². The molecule has 5 nitrogen and oxygen atoms in total. The molecule has 0 saturated heterocycles. The predicted molar refractivity (Wildman–Crippen MR) is 45.0 cm³/mol. The number of nitrogens with one attached hydrogen (secondary N) is 1. The largest absolute Gasteiger partial charge is 0.354 e. The van der Waals surface area contributed by atoms with E-state index in [1.807, 2.05) is 6.26 Å². The Bertz CT molecular complexity index is 273. The first-order chi connectivity index (χ1) is 5.77. The van der Waals surface area contributed by atoms with E-state index in [9.17, 15) is 4.79 Å². The highest BCUT2D eigenvalue weighted by Gasteiger charge is 2.05. The first kappa shape index (κ1) is 8.92. The smallest absolute Gasteiger partial charge is 0.273 e. The van der Waals surface area contributed by atoms with E-state index in [0.717, 1.165) is 0 Å². The summed E-state index contributed by atoms with van der Waals surface area (Å²) in [6.45, 7) is 0. The van der Waals surface area contributed by atoms with Crippen molar-refractivity contribution in [3.05, 3.63) is 11.9 Å². The Balaban J connectivity index is 2.84. The molecule has 0 spiro atoms. The summed E-state index contributed by atoms with van der Waals surface area (Å²) in [6, 6.07) is 0. The highest BCUT2D eigenvalue weighted by atomic mass is 32.2. The van der Waals surface area contributed by atoms with Crippen molar-refractivity contribution in [2.45, 2.75) is 5.16 Å². The van der Waals surface area contributed by atoms with Gasteiger partial charge in [0.05, 0.1) is 6.20 Å². The van der Waals surface area contributed by atoms with Crippen LogP contribution in [0.15, 0.2) is 11.4 Å². The molecule has 0 atom stereocenters. The molecule has 64 valence electrons. The van der Waals surface area contributed by atoms with Gasteiger partial charge in [-0.2, -0.15) is 0 Å². The van der Waals surface area contributed by atoms with Crippen molar-refractivity contribution in [3.8, 4) is 0 Å². The first-order valence-electron chi connectivity index (χ1n) is 3.23. The van der Waals surface area contributed by atoms with Gasteiger partial charge in [0.15, 0.2) is 5.69 Å². The fourth-order valence-electron chi connectivity index (χ4n) is 0.590. The van der Waals surface area contributed by atoms with Crippen molar-refractivity contribution in [3.63, 3.8) is 0 Å². The molecular formula is C6H8N4OS. The van der Waals surface area contributed by atoms with Crippen molar-refractivity contribution in [1.29, 1.82) is 0 Å². The van der Waals surface area contributed by atoms with Gasteiger partial charge in [0.25, 0.3) is 5.91 Å². The summed E-state index contributed by atoms with van der Waals surface area (Å²) < 4.78 is 0. The van der Waals surface area contributed by atoms with Gasteiger partial charge in [-0.1, -0.05) is 11.8 Å². The molecule has 0 unspecified atom stereocenters. The van der Waals surface area contributed by atoms with Crippen LogP contribution < -0.4 is 5.32 Å². The normalized spacial score (nSPS) is 9.50. The lowest BCUT2D eigenvalue weighted by Gasteiger charge is -1.96. The summed E-state index contributed by atoms with van der Waals surface area (Å²) >= 11 is 1.38. The van der Waals surface area contributed by atoms with Crippen molar-refractivity contribution in [2.24, 2.45) is 0 Å². The van der Waals surface area contributed by atoms with Crippen LogP contribution in [0.3, 0.4) is 0 Å². The summed E-state index contributed by atoms with van der Waals surface area (Å²) in [6.07, 6.45) is 3.24. The standard InChI is InChI=1S/C6H8N4OS/c1-7-5(11)4-3-8-6(12-2)10-9-4/h3H,1-2H3,(H,7,11). The monoisotopic (exact) mass is 184 g/mol. The Labute approximate surface area is 74.0 Å². The zero-order chi connectivity index (χ0) is 8.97. The van der Waals surface area contributed by atoms with Crippen LogP contribution in [-0.4, -0.2) is 34.4 Å². The Morgan fingerprint density at radius 2 is 2.33 bits per heavy atom. The van der Waals surface area contributed by atoms with Crippen LogP contribution >= 0.6 is 11.8 Å². The van der Waals surface area contributed by atoms with Gasteiger partial charge in [0.2, 0.25) is 5.16 Å². The number of nitrogens with zero attached hydrogens (tertiary/aromatic N) is 3. The molecule has 1 aromatic rings. The maximum absolute atomic E-state index is 11.0. The summed E-state index contributed by atoms with van der Waals surface area (Å²) in [5.41, 5.74) is 0.232. The van der Waals surface area contributed by atoms with Gasteiger partial charge >= 0.3 is 0 Å². The van der Waals surface area contributed by atoms with Gasteiger partial charge < -0.3 is 5.32 Å². The predicted octanol–water partition coefficient (Wildman–Crippen LogP) is -0.0469. The van der Waals surface area contributed by atoms with Gasteiger partial charge in [-0.05, 0) is 6.26 Å². The molecule has 0 fully saturated rings. The van der Waals surface area contributed by atoms with Gasteiger partial charge in [0, 0.05) is 7.05 Å². The van der Waals surface area contributed by atoms with E-state index in [1.165, 1.54) is 25.0 Å². The van der Waals surface area contributed by atoms with Crippen LogP contribution in [0, 0.1) is 0 Å². The summed E-state index contributed by atoms with van der Waals surface area (Å²) in [5, 5.41) is 10.4. The van der Waals surface area contributed by atoms with Crippen LogP contribution in [0.25, 0.3) is 0 Å². The Morgan fingerprint density at radius 3 is 2.75 bits per heavy atom. The fraction of sp³-hybridized carbons (Fsp3) is 0.333. The number of carbonyl (C=O) groups is 1. The molecule has 0 aliphatic heterocycles. The Kier molecular flexibility index (Phi) is 2.98. The number of rotatable bonds is 2. The molecule has 0 aliphatic rings. The minimum absolute atomic E-state index is 0.232. The van der Waals surface area contributed by atoms with E-state index in [-0.39, 0.29) is 11.6 Å². The molecule has 12 heavy (non-hydrogen) atoms. The maximum atomic E-state index is 11.0. The molecular weight excluding hydrogens is 176 g/mol. The maximum Gasteiger partial charge on any atom is 0.273 e. The molecule has 6 heteroatoms. The number of carbonyl (C=O) groups excluding carboxylic acids is 1. The highest BCUT2D eigenvalue weighted by Crippen LogP contribution is 2.04. The molecule has 1 rings (SSSR count). The van der Waals surface area contributed by atoms with Crippen molar-refractivity contribution in [2.75, 3.05) is 13.3 Å². The second-order valence-corrected chi connectivity index (χ2v) is 2.68. The topological polar surface area (TPSA) is 67.8 Å². The lowest BCUT2D eigenvalue weighted by molar-refractivity contribution is 0.0956. The van der Waals surface area contributed by atoms with E-state index in [4.69, 9.17) is 0 Å². The molecule has 0 saturated carbocycles. The molecule has 0 aliphatic carbocycles. The fourth-order valence-corrected chi connectivity index (χ4v) is 0.871. The quantitative estimate of drug-likeness (QED) is 0.653. The van der Waals surface area contributed by atoms with Gasteiger partial charge in [-0.15, -0.1) is 10.2 Å². The number of hydrogen-bond acceptors (Lipinski definition) is 5. The summed E-state index contributed by atoms with van der Waals surface area (Å²) in [7, 11) is 1.53. The third-order valence-electron chi connectivity index (χ3n) is 1.18. The number of amides is 1. The van der Waals surface area contributed by atoms with E-state index in [2.05, 4.69) is 20.5 Å². The molecule has 0 radical (unpaired) electrons. The van der Waals surface area contributed by atoms with E-state index < -0.39 is 0 Å². The minimum atomic E-state index is -0.275. The lowest BCUT2D eigenvalue weighted by atomic mass is 10.4. The second-order valence-electron chi connectivity index (χ2n) is 1.91. The number of hydrogen-bond donors (Lipinski definition) is 1. The Hall–Kier alpha value is -1.17. The van der Waals surface area contributed by atoms with Crippen molar-refractivity contribution < 1.29 is 4.79 Å². The SMILES string of the molecule is CNC(=O)c1cnc(SC)nn1. The molecule has 1 N–H and O–H groups in total. The van der Waals surface area contributed by atoms with E-state index in [1.54, 1.807) is 0 Å². The van der Waals surface area contributed by atoms with Crippen LogP contribution in [0.4, 0.5) is 0 Å². The lowest BCUT2D eigenvalue weighted by Crippen LogP contribution is -2.20. The zero-order valence-corrected chi connectivity index (χ0v) is 7.55. The van der Waals surface area contributed by atoms with Gasteiger partial charge in [0.1, 0.15) is 0 Å². The van der Waals surface area contributed by atoms with Gasteiger partial charge in [-0.25, -0.2) is 4.98 Å². The third kappa shape index (κ3) is 1.91. The van der Waals surface area contributed by atoms with Crippen LogP contribution in [0.5, 0.6) is 0 Å². The second kappa shape index (κ2) is 4.01. The third-order valence-corrected chi connectivity index (χ3v) is 1.74. The number of aromatic nitrogens is 3. The molecule has 0 aromatic carbocycles. The highest BCUT2D eigenvalue weighted by molar-refractivity contribution is 7.98. The van der Waals surface area contributed by atoms with Crippen molar-refractivity contribution >= 4 is 17.7 Å². The zero-order valence-electron chi connectivity index (χ0n) is 6.74. The van der Waals surface area contributed by atoms with Crippen LogP contribution in [0.2, 0.25) is 0 Å². The summed E-state index contributed by atoms with van der Waals surface area (Å²) in [5.74, 6) is -0.275. The molecule has 1 aromatic heterocycles. The van der Waals surface area contributed by atoms with Crippen LogP contribution in [-0.2, 0) is 0 Å². The molecule has 1 amide bonds. The average Bonchev–Trinajstić information content (AvgIpc) is 2.17. The minimum Gasteiger partial charge on any atom is -0.354 e. The van der Waals surface area contributed by atoms with E-state index >= 15 is 0 Å². The van der Waals surface area contributed by atoms with E-state index in [0.29, 0.717) is 5.16 Å².